The smallest absolute Gasteiger partial charge is 0.410 e. The van der Waals surface area contributed by atoms with Crippen molar-refractivity contribution in [1.82, 2.24) is 10.2 Å². The molecule has 1 fully saturated rings. The summed E-state index contributed by atoms with van der Waals surface area (Å²) in [5, 5.41) is 2.65. The molecule has 1 saturated heterocycles. The first-order chi connectivity index (χ1) is 12.7. The fraction of sp³-hybridized carbons (Fsp3) is 0.526. The summed E-state index contributed by atoms with van der Waals surface area (Å²) < 4.78 is 15.3. The molecule has 1 heterocycles. The summed E-state index contributed by atoms with van der Waals surface area (Å²) in [5.74, 6) is -1.19. The van der Waals surface area contributed by atoms with Crippen LogP contribution < -0.4 is 5.32 Å². The van der Waals surface area contributed by atoms with Gasteiger partial charge in [-0.25, -0.2) is 9.59 Å². The fourth-order valence-electron chi connectivity index (χ4n) is 2.73. The number of carbonyl (C=O) groups is 3. The Morgan fingerprint density at radius 2 is 1.81 bits per heavy atom. The third kappa shape index (κ3) is 6.16. The Labute approximate surface area is 158 Å². The lowest BCUT2D eigenvalue weighted by molar-refractivity contribution is -0.145. The highest BCUT2D eigenvalue weighted by atomic mass is 16.6. The summed E-state index contributed by atoms with van der Waals surface area (Å²) in [6, 6.07) is 8.62. The molecule has 1 unspecified atom stereocenters. The summed E-state index contributed by atoms with van der Waals surface area (Å²) in [6.07, 6.45) is -1.21. The second kappa shape index (κ2) is 8.75. The molecule has 1 aromatic carbocycles. The molecule has 1 aliphatic heterocycles. The molecular weight excluding hydrogens is 352 g/mol. The molecule has 148 valence electrons. The molecule has 1 aliphatic rings. The monoisotopic (exact) mass is 378 g/mol. The number of rotatable bonds is 4. The Bertz CT molecular complexity index is 671. The van der Waals surface area contributed by atoms with Crippen LogP contribution in [0.3, 0.4) is 0 Å². The fourth-order valence-corrected chi connectivity index (χ4v) is 2.73. The van der Waals surface area contributed by atoms with Crippen LogP contribution >= 0.6 is 0 Å². The van der Waals surface area contributed by atoms with Crippen LogP contribution in [0.1, 0.15) is 26.3 Å². The number of carbonyl (C=O) groups excluding carboxylic acids is 3. The van der Waals surface area contributed by atoms with E-state index in [2.05, 4.69) is 5.32 Å². The molecule has 2 rings (SSSR count). The lowest BCUT2D eigenvalue weighted by Crippen LogP contribution is -2.43. The van der Waals surface area contributed by atoms with Crippen LogP contribution in [0.4, 0.5) is 9.59 Å². The second-order valence-corrected chi connectivity index (χ2v) is 7.33. The van der Waals surface area contributed by atoms with E-state index in [9.17, 15) is 14.4 Å². The first kappa shape index (κ1) is 20.5. The Balaban J connectivity index is 1.96. The molecule has 0 aliphatic carbocycles. The van der Waals surface area contributed by atoms with E-state index in [1.54, 1.807) is 20.8 Å². The number of likely N-dealkylation sites (tertiary alicyclic amines) is 1. The highest BCUT2D eigenvalue weighted by molar-refractivity contribution is 5.78. The number of nitrogens with zero attached hydrogens (tertiary/aromatic N) is 1. The number of amides is 2. The average Bonchev–Trinajstić information content (AvgIpc) is 3.03. The molecule has 8 heteroatoms. The molecule has 2 amide bonds. The van der Waals surface area contributed by atoms with Crippen LogP contribution in [-0.4, -0.2) is 54.9 Å². The van der Waals surface area contributed by atoms with Crippen LogP contribution in [-0.2, 0) is 25.6 Å². The number of methoxy groups -OCH3 is 1. The maximum absolute atomic E-state index is 12.3. The van der Waals surface area contributed by atoms with E-state index >= 15 is 0 Å². The van der Waals surface area contributed by atoms with Crippen molar-refractivity contribution in [1.29, 1.82) is 0 Å². The van der Waals surface area contributed by atoms with Gasteiger partial charge in [0.2, 0.25) is 0 Å². The van der Waals surface area contributed by atoms with Crippen LogP contribution in [0.2, 0.25) is 0 Å². The third-order valence-electron chi connectivity index (χ3n) is 3.99. The number of hydrogen-bond donors (Lipinski definition) is 1. The van der Waals surface area contributed by atoms with E-state index in [4.69, 9.17) is 14.2 Å². The molecule has 0 radical (unpaired) electrons. The van der Waals surface area contributed by atoms with Crippen molar-refractivity contribution in [2.24, 2.45) is 5.92 Å². The highest BCUT2D eigenvalue weighted by Gasteiger charge is 2.42. The van der Waals surface area contributed by atoms with Gasteiger partial charge in [-0.2, -0.15) is 0 Å². The van der Waals surface area contributed by atoms with Crippen molar-refractivity contribution >= 4 is 18.2 Å². The van der Waals surface area contributed by atoms with Crippen molar-refractivity contribution in [2.75, 3.05) is 20.2 Å². The third-order valence-corrected chi connectivity index (χ3v) is 3.99. The second-order valence-electron chi connectivity index (χ2n) is 7.33. The van der Waals surface area contributed by atoms with Gasteiger partial charge in [-0.05, 0) is 26.3 Å². The van der Waals surface area contributed by atoms with Crippen molar-refractivity contribution in [2.45, 2.75) is 39.0 Å². The molecule has 0 spiro atoms. The van der Waals surface area contributed by atoms with E-state index in [1.807, 2.05) is 30.3 Å². The summed E-state index contributed by atoms with van der Waals surface area (Å²) in [6.45, 7) is 5.62. The molecule has 8 nitrogen and oxygen atoms in total. The van der Waals surface area contributed by atoms with E-state index in [-0.39, 0.29) is 19.7 Å². The van der Waals surface area contributed by atoms with Gasteiger partial charge >= 0.3 is 18.2 Å². The zero-order valence-electron chi connectivity index (χ0n) is 16.1. The quantitative estimate of drug-likeness (QED) is 0.638. The van der Waals surface area contributed by atoms with Crippen LogP contribution in [0.15, 0.2) is 30.3 Å². The van der Waals surface area contributed by atoms with Crippen LogP contribution in [0.25, 0.3) is 0 Å². The standard InChI is InChI=1S/C19H26N2O6/c1-19(2,3)27-18(24)21-10-14(16(22)25-4)15(11-21)20-17(23)26-12-13-8-6-5-7-9-13/h5-9,14-15H,10-12H2,1-4H3,(H,20,23)/t14?,15-/m1/s1. The van der Waals surface area contributed by atoms with Crippen LogP contribution in [0.5, 0.6) is 0 Å². The molecule has 2 atom stereocenters. The molecule has 27 heavy (non-hydrogen) atoms. The minimum absolute atomic E-state index is 0.102. The van der Waals surface area contributed by atoms with Crippen LogP contribution in [0, 0.1) is 5.92 Å². The number of esters is 1. The molecule has 1 N–H and O–H groups in total. The first-order valence-electron chi connectivity index (χ1n) is 8.72. The summed E-state index contributed by atoms with van der Waals surface area (Å²) in [4.78, 5) is 37.8. The minimum Gasteiger partial charge on any atom is -0.469 e. The molecule has 0 saturated carbocycles. The van der Waals surface area contributed by atoms with Crippen molar-refractivity contribution < 1.29 is 28.6 Å². The van der Waals surface area contributed by atoms with Gasteiger partial charge in [0.15, 0.2) is 0 Å². The van der Waals surface area contributed by atoms with E-state index in [1.165, 1.54) is 12.0 Å². The Kier molecular flexibility index (Phi) is 6.65. The zero-order valence-corrected chi connectivity index (χ0v) is 16.1. The normalized spacial score (nSPS) is 19.3. The van der Waals surface area contributed by atoms with Gasteiger partial charge in [0.25, 0.3) is 0 Å². The summed E-state index contributed by atoms with van der Waals surface area (Å²) >= 11 is 0. The summed E-state index contributed by atoms with van der Waals surface area (Å²) in [7, 11) is 1.27. The summed E-state index contributed by atoms with van der Waals surface area (Å²) in [5.41, 5.74) is 0.191. The number of nitrogens with one attached hydrogen (secondary N) is 1. The Morgan fingerprint density at radius 3 is 2.41 bits per heavy atom. The van der Waals surface area contributed by atoms with Gasteiger partial charge in [0.05, 0.1) is 19.1 Å². The SMILES string of the molecule is COC(=O)C1CN(C(=O)OC(C)(C)C)C[C@H]1NC(=O)OCc1ccccc1. The van der Waals surface area contributed by atoms with E-state index < -0.39 is 35.7 Å². The zero-order chi connectivity index (χ0) is 20.0. The Hall–Kier alpha value is -2.77. The van der Waals surface area contributed by atoms with Gasteiger partial charge in [0, 0.05) is 13.1 Å². The molecule has 1 aromatic rings. The van der Waals surface area contributed by atoms with Gasteiger partial charge in [0.1, 0.15) is 12.2 Å². The van der Waals surface area contributed by atoms with E-state index in [0.717, 1.165) is 5.56 Å². The lowest BCUT2D eigenvalue weighted by atomic mass is 10.0. The maximum atomic E-state index is 12.3. The maximum Gasteiger partial charge on any atom is 0.410 e. The first-order valence-corrected chi connectivity index (χ1v) is 8.72. The number of alkyl carbamates (subject to hydrolysis) is 1. The number of benzene rings is 1. The number of hydrogen-bond acceptors (Lipinski definition) is 6. The van der Waals surface area contributed by atoms with Gasteiger partial charge in [-0.1, -0.05) is 30.3 Å². The number of ether oxygens (including phenoxy) is 3. The predicted molar refractivity (Wildman–Crippen MR) is 96.9 cm³/mol. The molecular formula is C19H26N2O6. The predicted octanol–water partition coefficient (Wildman–Crippen LogP) is 2.32. The topological polar surface area (TPSA) is 94.2 Å². The van der Waals surface area contributed by atoms with Gasteiger partial charge in [-0.15, -0.1) is 0 Å². The molecule has 0 bridgehead atoms. The Morgan fingerprint density at radius 1 is 1.15 bits per heavy atom. The van der Waals surface area contributed by atoms with Crippen molar-refractivity contribution in [3.8, 4) is 0 Å². The lowest BCUT2D eigenvalue weighted by Gasteiger charge is -2.24. The van der Waals surface area contributed by atoms with E-state index in [0.29, 0.717) is 0 Å². The minimum atomic E-state index is -0.688. The van der Waals surface area contributed by atoms with Crippen molar-refractivity contribution in [3.05, 3.63) is 35.9 Å². The van der Waals surface area contributed by atoms with Gasteiger partial charge < -0.3 is 24.4 Å². The average molecular weight is 378 g/mol. The van der Waals surface area contributed by atoms with Crippen molar-refractivity contribution in [3.63, 3.8) is 0 Å². The highest BCUT2D eigenvalue weighted by Crippen LogP contribution is 2.21. The van der Waals surface area contributed by atoms with Gasteiger partial charge in [-0.3, -0.25) is 4.79 Å². The largest absolute Gasteiger partial charge is 0.469 e. The molecule has 0 aromatic heterocycles.